The molecular formula is C12H10F8O2. The van der Waals surface area contributed by atoms with Crippen molar-refractivity contribution in [2.75, 3.05) is 0 Å². The summed E-state index contributed by atoms with van der Waals surface area (Å²) in [7, 11) is 0. The van der Waals surface area contributed by atoms with Crippen molar-refractivity contribution in [3.8, 4) is 0 Å². The summed E-state index contributed by atoms with van der Waals surface area (Å²) in [5.74, 6) is -16.4. The molecule has 0 aliphatic heterocycles. The molecule has 126 valence electrons. The van der Waals surface area contributed by atoms with Crippen molar-refractivity contribution in [2.45, 2.75) is 37.2 Å². The highest BCUT2D eigenvalue weighted by molar-refractivity contribution is 5.74. The van der Waals surface area contributed by atoms with Crippen molar-refractivity contribution in [3.63, 3.8) is 0 Å². The predicted molar refractivity (Wildman–Crippen MR) is 55.8 cm³/mol. The Morgan fingerprint density at radius 1 is 1.05 bits per heavy atom. The van der Waals surface area contributed by atoms with Gasteiger partial charge >= 0.3 is 30.3 Å². The van der Waals surface area contributed by atoms with Crippen LogP contribution in [0.1, 0.15) is 12.8 Å². The lowest BCUT2D eigenvalue weighted by Gasteiger charge is -2.32. The van der Waals surface area contributed by atoms with Crippen LogP contribution in [-0.4, -0.2) is 30.3 Å². The molecule has 22 heavy (non-hydrogen) atoms. The van der Waals surface area contributed by atoms with Crippen LogP contribution in [0.25, 0.3) is 0 Å². The van der Waals surface area contributed by atoms with E-state index >= 15 is 0 Å². The molecule has 0 heterocycles. The molecule has 2 rings (SSSR count). The summed E-state index contributed by atoms with van der Waals surface area (Å²) in [5.41, 5.74) is 0. The summed E-state index contributed by atoms with van der Waals surface area (Å²) < 4.78 is 105. The zero-order chi connectivity index (χ0) is 16.9. The second-order valence-electron chi connectivity index (χ2n) is 5.32. The Morgan fingerprint density at radius 3 is 2.05 bits per heavy atom. The van der Waals surface area contributed by atoms with Gasteiger partial charge < -0.3 is 4.74 Å². The molecule has 0 N–H and O–H groups in total. The van der Waals surface area contributed by atoms with E-state index in [4.69, 9.17) is 0 Å². The van der Waals surface area contributed by atoms with Crippen LogP contribution in [0, 0.1) is 17.8 Å². The number of ether oxygens (including phenoxy) is 1. The second-order valence-corrected chi connectivity index (χ2v) is 5.32. The van der Waals surface area contributed by atoms with Gasteiger partial charge in [-0.05, 0) is 24.7 Å². The van der Waals surface area contributed by atoms with E-state index in [-0.39, 0.29) is 12.3 Å². The number of allylic oxidation sites excluding steroid dienone is 2. The van der Waals surface area contributed by atoms with Crippen molar-refractivity contribution in [3.05, 3.63) is 12.2 Å². The first-order chi connectivity index (χ1) is 9.90. The van der Waals surface area contributed by atoms with Gasteiger partial charge in [0.2, 0.25) is 0 Å². The maximum absolute atomic E-state index is 13.2. The summed E-state index contributed by atoms with van der Waals surface area (Å²) in [6.07, 6.45) is -7.36. The van der Waals surface area contributed by atoms with E-state index in [9.17, 15) is 39.9 Å². The van der Waals surface area contributed by atoms with Crippen LogP contribution in [0.2, 0.25) is 0 Å². The SMILES string of the molecule is O=C(OC(F)(F)C(F)(F)C(F)(F)C(F)F)C1CC2C=CC1C2. The van der Waals surface area contributed by atoms with Gasteiger partial charge in [0.25, 0.3) is 0 Å². The molecule has 2 aliphatic rings. The Hall–Kier alpha value is -1.35. The van der Waals surface area contributed by atoms with E-state index in [1.807, 2.05) is 0 Å². The number of halogens is 8. The largest absolute Gasteiger partial charge is 0.473 e. The van der Waals surface area contributed by atoms with Crippen molar-refractivity contribution in [2.24, 2.45) is 17.8 Å². The van der Waals surface area contributed by atoms with Crippen LogP contribution in [0.3, 0.4) is 0 Å². The quantitative estimate of drug-likeness (QED) is 0.432. The third kappa shape index (κ3) is 2.45. The average Bonchev–Trinajstić information content (AvgIpc) is 2.99. The molecule has 0 saturated heterocycles. The molecule has 1 saturated carbocycles. The highest BCUT2D eigenvalue weighted by Gasteiger charge is 2.78. The minimum atomic E-state index is -6.53. The first kappa shape index (κ1) is 17.0. The molecule has 2 nitrogen and oxygen atoms in total. The minimum absolute atomic E-state index is 0.0624. The van der Waals surface area contributed by atoms with Gasteiger partial charge in [0.05, 0.1) is 5.92 Å². The lowest BCUT2D eigenvalue weighted by atomic mass is 9.94. The van der Waals surface area contributed by atoms with E-state index in [2.05, 4.69) is 4.74 Å². The molecule has 3 unspecified atom stereocenters. The van der Waals surface area contributed by atoms with Gasteiger partial charge in [-0.15, -0.1) is 0 Å². The Labute approximate surface area is 119 Å². The number of alkyl halides is 8. The van der Waals surface area contributed by atoms with Crippen LogP contribution in [-0.2, 0) is 9.53 Å². The zero-order valence-electron chi connectivity index (χ0n) is 10.7. The van der Waals surface area contributed by atoms with Crippen molar-refractivity contribution < 1.29 is 44.7 Å². The van der Waals surface area contributed by atoms with E-state index in [0.29, 0.717) is 6.42 Å². The molecular weight excluding hydrogens is 328 g/mol. The fraction of sp³-hybridized carbons (Fsp3) is 0.750. The summed E-state index contributed by atoms with van der Waals surface area (Å²) >= 11 is 0. The van der Waals surface area contributed by atoms with E-state index in [1.54, 1.807) is 6.08 Å². The molecule has 1 fully saturated rings. The topological polar surface area (TPSA) is 26.3 Å². The molecule has 2 bridgehead atoms. The van der Waals surface area contributed by atoms with Gasteiger partial charge in [0, 0.05) is 0 Å². The average molecular weight is 338 g/mol. The van der Waals surface area contributed by atoms with Crippen LogP contribution in [0.4, 0.5) is 35.1 Å². The third-order valence-electron chi connectivity index (χ3n) is 3.87. The van der Waals surface area contributed by atoms with E-state index in [0.717, 1.165) is 0 Å². The summed E-state index contributed by atoms with van der Waals surface area (Å²) in [6.45, 7) is 0. The van der Waals surface area contributed by atoms with E-state index < -0.39 is 42.2 Å². The fourth-order valence-electron chi connectivity index (χ4n) is 2.65. The zero-order valence-corrected chi connectivity index (χ0v) is 10.7. The molecule has 10 heteroatoms. The van der Waals surface area contributed by atoms with Crippen LogP contribution in [0.15, 0.2) is 12.2 Å². The molecule has 0 aromatic rings. The lowest BCUT2D eigenvalue weighted by Crippen LogP contribution is -2.59. The normalized spacial score (nSPS) is 28.5. The lowest BCUT2D eigenvalue weighted by molar-refractivity contribution is -0.401. The molecule has 0 amide bonds. The number of rotatable bonds is 5. The Kier molecular flexibility index (Phi) is 3.93. The van der Waals surface area contributed by atoms with E-state index in [1.165, 1.54) is 6.08 Å². The van der Waals surface area contributed by atoms with Crippen molar-refractivity contribution in [1.29, 1.82) is 0 Å². The molecule has 0 aromatic heterocycles. The first-order valence-electron chi connectivity index (χ1n) is 6.23. The molecule has 0 spiro atoms. The number of carbonyl (C=O) groups is 1. The van der Waals surface area contributed by atoms with Gasteiger partial charge in [-0.25, -0.2) is 8.78 Å². The predicted octanol–water partition coefficient (Wildman–Crippen LogP) is 3.87. The van der Waals surface area contributed by atoms with Crippen molar-refractivity contribution in [1.82, 2.24) is 0 Å². The maximum Gasteiger partial charge on any atom is 0.473 e. The number of hydrogen-bond acceptors (Lipinski definition) is 2. The van der Waals surface area contributed by atoms with Crippen LogP contribution in [0.5, 0.6) is 0 Å². The number of carbonyl (C=O) groups excluding carboxylic acids is 1. The summed E-state index contributed by atoms with van der Waals surface area (Å²) in [4.78, 5) is 11.5. The van der Waals surface area contributed by atoms with Gasteiger partial charge in [-0.3, -0.25) is 4.79 Å². The fourth-order valence-corrected chi connectivity index (χ4v) is 2.65. The maximum atomic E-state index is 13.2. The van der Waals surface area contributed by atoms with Gasteiger partial charge in [-0.1, -0.05) is 12.2 Å². The summed E-state index contributed by atoms with van der Waals surface area (Å²) in [5, 5.41) is 0. The second kappa shape index (κ2) is 5.09. The smallest absolute Gasteiger partial charge is 0.396 e. The minimum Gasteiger partial charge on any atom is -0.396 e. The number of esters is 1. The third-order valence-corrected chi connectivity index (χ3v) is 3.87. The Morgan fingerprint density at radius 2 is 1.64 bits per heavy atom. The Balaban J connectivity index is 2.13. The van der Waals surface area contributed by atoms with Crippen molar-refractivity contribution >= 4 is 5.97 Å². The highest BCUT2D eigenvalue weighted by atomic mass is 19.4. The monoisotopic (exact) mass is 338 g/mol. The van der Waals surface area contributed by atoms with Gasteiger partial charge in [-0.2, -0.15) is 26.3 Å². The molecule has 2 aliphatic carbocycles. The first-order valence-corrected chi connectivity index (χ1v) is 6.23. The molecule has 0 aromatic carbocycles. The molecule has 3 atom stereocenters. The van der Waals surface area contributed by atoms with Gasteiger partial charge in [0.15, 0.2) is 0 Å². The van der Waals surface area contributed by atoms with Crippen LogP contribution >= 0.6 is 0 Å². The van der Waals surface area contributed by atoms with Crippen LogP contribution < -0.4 is 0 Å². The van der Waals surface area contributed by atoms with Gasteiger partial charge in [0.1, 0.15) is 0 Å². The standard InChI is InChI=1S/C12H10F8O2/c13-9(14)10(15,16)11(17,18)12(19,20)22-8(21)7-4-5-1-2-6(7)3-5/h1-2,5-7,9H,3-4H2. The highest BCUT2D eigenvalue weighted by Crippen LogP contribution is 2.50. The number of hydrogen-bond donors (Lipinski definition) is 0. The Bertz CT molecular complexity index is 488. The summed E-state index contributed by atoms with van der Waals surface area (Å²) in [6, 6.07) is 0. The molecule has 0 radical (unpaired) electrons. The number of fused-ring (bicyclic) bond motifs is 2.